The molecular formula is C22H31NO3. The number of ketones is 1. The predicted octanol–water partition coefficient (Wildman–Crippen LogP) is 3.18. The van der Waals surface area contributed by atoms with Gasteiger partial charge < -0.3 is 10.2 Å². The van der Waals surface area contributed by atoms with Crippen LogP contribution in [0.5, 0.6) is 5.75 Å². The number of aryl methyl sites for hydroxylation is 1. The molecule has 1 aromatic rings. The van der Waals surface area contributed by atoms with Crippen LogP contribution in [-0.2, 0) is 16.6 Å². The van der Waals surface area contributed by atoms with E-state index in [1.165, 1.54) is 12.8 Å². The number of benzene rings is 1. The number of nitrogens with zero attached hydrogens (tertiary/aromatic N) is 1. The molecule has 0 radical (unpaired) electrons. The summed E-state index contributed by atoms with van der Waals surface area (Å²) in [7, 11) is 0. The first-order chi connectivity index (χ1) is 12.4. The third kappa shape index (κ3) is 2.69. The summed E-state index contributed by atoms with van der Waals surface area (Å²) >= 11 is 0. The number of likely N-dealkylation sites (tertiary alicyclic amines) is 1. The van der Waals surface area contributed by atoms with E-state index in [2.05, 4.69) is 18.7 Å². The van der Waals surface area contributed by atoms with Crippen molar-refractivity contribution in [3.63, 3.8) is 0 Å². The lowest BCUT2D eigenvalue weighted by Gasteiger charge is -2.60. The van der Waals surface area contributed by atoms with Crippen LogP contribution in [0.1, 0.15) is 63.5 Å². The molecule has 2 N–H and O–H groups in total. The molecule has 1 aromatic carbocycles. The second-order valence-electron chi connectivity index (χ2n) is 8.78. The number of rotatable bonds is 4. The zero-order chi connectivity index (χ0) is 18.5. The van der Waals surface area contributed by atoms with E-state index in [0.717, 1.165) is 43.0 Å². The van der Waals surface area contributed by atoms with E-state index in [1.54, 1.807) is 6.07 Å². The average molecular weight is 357 g/mol. The fourth-order valence-electron chi connectivity index (χ4n) is 5.55. The van der Waals surface area contributed by atoms with Crippen LogP contribution in [0.4, 0.5) is 0 Å². The Bertz CT molecular complexity index is 713. The van der Waals surface area contributed by atoms with E-state index >= 15 is 0 Å². The Morgan fingerprint density at radius 3 is 2.73 bits per heavy atom. The average Bonchev–Trinajstić information content (AvgIpc) is 3.44. The smallest absolute Gasteiger partial charge is 0.134 e. The normalized spacial score (nSPS) is 35.3. The van der Waals surface area contributed by atoms with Crippen molar-refractivity contribution in [2.24, 2.45) is 5.92 Å². The molecule has 1 saturated heterocycles. The second-order valence-corrected chi connectivity index (χ2v) is 8.78. The monoisotopic (exact) mass is 357 g/mol. The van der Waals surface area contributed by atoms with Gasteiger partial charge in [0.2, 0.25) is 0 Å². The molecule has 4 heteroatoms. The molecule has 3 aliphatic rings. The van der Waals surface area contributed by atoms with Gasteiger partial charge in [0.25, 0.3) is 0 Å². The summed E-state index contributed by atoms with van der Waals surface area (Å²) in [5, 5.41) is 22.2. The van der Waals surface area contributed by atoms with Crippen molar-refractivity contribution in [3.8, 4) is 5.75 Å². The predicted molar refractivity (Wildman–Crippen MR) is 101 cm³/mol. The molecule has 4 rings (SSSR count). The lowest BCUT2D eigenvalue weighted by atomic mass is 9.53. The fourth-order valence-corrected chi connectivity index (χ4v) is 5.55. The van der Waals surface area contributed by atoms with Crippen molar-refractivity contribution in [2.75, 3.05) is 13.1 Å². The maximum absolute atomic E-state index is 12.5. The molecule has 2 aliphatic carbocycles. The third-order valence-electron chi connectivity index (χ3n) is 7.36. The first-order valence-electron chi connectivity index (χ1n) is 10.2. The summed E-state index contributed by atoms with van der Waals surface area (Å²) in [6.45, 7) is 6.21. The number of piperidine rings is 1. The first-order valence-corrected chi connectivity index (χ1v) is 10.2. The number of hydrogen-bond donors (Lipinski definition) is 2. The summed E-state index contributed by atoms with van der Waals surface area (Å²) < 4.78 is 0. The SMILES string of the molecule is CCc1ccc(O)cc1[C@]12CCN(CC3CC3)C(C)C1(O)CCC(=O)C2. The minimum Gasteiger partial charge on any atom is -0.508 e. The van der Waals surface area contributed by atoms with Crippen molar-refractivity contribution in [1.29, 1.82) is 0 Å². The number of phenols is 1. The summed E-state index contributed by atoms with van der Waals surface area (Å²) in [6, 6.07) is 5.51. The number of fused-ring (bicyclic) bond motifs is 1. The molecule has 1 aliphatic heterocycles. The van der Waals surface area contributed by atoms with Gasteiger partial charge in [-0.1, -0.05) is 13.0 Å². The van der Waals surface area contributed by atoms with Crippen LogP contribution in [0.2, 0.25) is 0 Å². The van der Waals surface area contributed by atoms with Gasteiger partial charge in [-0.2, -0.15) is 0 Å². The highest BCUT2D eigenvalue weighted by molar-refractivity contribution is 5.82. The molecule has 4 nitrogen and oxygen atoms in total. The standard InChI is InChI=1S/C22H31NO3/c1-3-17-6-7-18(24)12-20(17)21-10-11-23(14-16-4-5-16)15(2)22(21,26)9-8-19(25)13-21/h6-7,12,15-16,24,26H,3-5,8-11,13-14H2,1-2H3/t15?,21-,22?/m1/s1. The molecule has 0 spiro atoms. The van der Waals surface area contributed by atoms with Gasteiger partial charge in [0.1, 0.15) is 11.5 Å². The van der Waals surface area contributed by atoms with Gasteiger partial charge in [-0.15, -0.1) is 0 Å². The Morgan fingerprint density at radius 2 is 2.04 bits per heavy atom. The van der Waals surface area contributed by atoms with Crippen LogP contribution in [0.3, 0.4) is 0 Å². The molecule has 2 unspecified atom stereocenters. The van der Waals surface area contributed by atoms with Crippen LogP contribution in [0.15, 0.2) is 18.2 Å². The number of carbonyl (C=O) groups is 1. The first kappa shape index (κ1) is 18.0. The van der Waals surface area contributed by atoms with Crippen LogP contribution < -0.4 is 0 Å². The highest BCUT2D eigenvalue weighted by Crippen LogP contribution is 2.54. The van der Waals surface area contributed by atoms with E-state index in [-0.39, 0.29) is 17.6 Å². The molecule has 3 atom stereocenters. The van der Waals surface area contributed by atoms with Gasteiger partial charge in [-0.3, -0.25) is 9.69 Å². The minimum absolute atomic E-state index is 0.0250. The van der Waals surface area contributed by atoms with Crippen molar-refractivity contribution in [1.82, 2.24) is 4.90 Å². The zero-order valence-corrected chi connectivity index (χ0v) is 16.0. The Labute approximate surface area is 156 Å². The summed E-state index contributed by atoms with van der Waals surface area (Å²) in [6.07, 6.45) is 5.59. The van der Waals surface area contributed by atoms with Crippen molar-refractivity contribution in [2.45, 2.75) is 75.9 Å². The van der Waals surface area contributed by atoms with Gasteiger partial charge in [0.05, 0.1) is 5.60 Å². The van der Waals surface area contributed by atoms with Gasteiger partial charge in [-0.25, -0.2) is 0 Å². The van der Waals surface area contributed by atoms with Crippen molar-refractivity contribution in [3.05, 3.63) is 29.3 Å². The van der Waals surface area contributed by atoms with Crippen molar-refractivity contribution >= 4 is 5.78 Å². The lowest BCUT2D eigenvalue weighted by Crippen LogP contribution is -2.70. The summed E-state index contributed by atoms with van der Waals surface area (Å²) in [5.41, 5.74) is 0.629. The van der Waals surface area contributed by atoms with E-state index < -0.39 is 11.0 Å². The minimum atomic E-state index is -0.925. The number of aromatic hydroxyl groups is 1. The Morgan fingerprint density at radius 1 is 1.27 bits per heavy atom. The zero-order valence-electron chi connectivity index (χ0n) is 16.0. The molecule has 3 fully saturated rings. The molecule has 0 bridgehead atoms. The number of Topliss-reactive ketones (excluding diaryl/α,β-unsaturated/α-hetero) is 1. The molecular weight excluding hydrogens is 326 g/mol. The summed E-state index contributed by atoms with van der Waals surface area (Å²) in [4.78, 5) is 15.0. The molecule has 0 amide bonds. The topological polar surface area (TPSA) is 60.8 Å². The number of carbonyl (C=O) groups excluding carboxylic acids is 1. The van der Waals surface area contributed by atoms with Crippen LogP contribution in [-0.4, -0.2) is 45.6 Å². The van der Waals surface area contributed by atoms with E-state index in [4.69, 9.17) is 0 Å². The third-order valence-corrected chi connectivity index (χ3v) is 7.36. The second kappa shape index (κ2) is 6.35. The van der Waals surface area contributed by atoms with Crippen LogP contribution in [0, 0.1) is 5.92 Å². The van der Waals surface area contributed by atoms with Gasteiger partial charge in [0, 0.05) is 30.8 Å². The number of aliphatic hydroxyl groups is 1. The molecule has 2 saturated carbocycles. The lowest BCUT2D eigenvalue weighted by molar-refractivity contribution is -0.164. The Balaban J connectivity index is 1.80. The van der Waals surface area contributed by atoms with Gasteiger partial charge in [0.15, 0.2) is 0 Å². The van der Waals surface area contributed by atoms with Gasteiger partial charge >= 0.3 is 0 Å². The molecule has 26 heavy (non-hydrogen) atoms. The van der Waals surface area contributed by atoms with E-state index in [1.807, 2.05) is 12.1 Å². The fraction of sp³-hybridized carbons (Fsp3) is 0.682. The quantitative estimate of drug-likeness (QED) is 0.869. The van der Waals surface area contributed by atoms with Crippen molar-refractivity contribution < 1.29 is 15.0 Å². The Kier molecular flexibility index (Phi) is 4.39. The van der Waals surface area contributed by atoms with Crippen LogP contribution in [0.25, 0.3) is 0 Å². The van der Waals surface area contributed by atoms with Gasteiger partial charge in [-0.05, 0) is 74.8 Å². The maximum Gasteiger partial charge on any atom is 0.134 e. The highest BCUT2D eigenvalue weighted by Gasteiger charge is 2.61. The molecule has 0 aromatic heterocycles. The Hall–Kier alpha value is -1.39. The van der Waals surface area contributed by atoms with E-state index in [0.29, 0.717) is 19.3 Å². The number of hydrogen-bond acceptors (Lipinski definition) is 4. The maximum atomic E-state index is 12.5. The number of phenolic OH excluding ortho intramolecular Hbond substituents is 1. The highest BCUT2D eigenvalue weighted by atomic mass is 16.3. The largest absolute Gasteiger partial charge is 0.508 e. The molecule has 1 heterocycles. The summed E-state index contributed by atoms with van der Waals surface area (Å²) in [5.74, 6) is 1.24. The molecule has 142 valence electrons. The van der Waals surface area contributed by atoms with Crippen LogP contribution >= 0.6 is 0 Å². The van der Waals surface area contributed by atoms with E-state index in [9.17, 15) is 15.0 Å².